The van der Waals surface area contributed by atoms with E-state index in [1.165, 1.54) is 13.2 Å². The molecular formula is C20H27NO4. The van der Waals surface area contributed by atoms with Gasteiger partial charge in [-0.3, -0.25) is 9.59 Å². The third-order valence-corrected chi connectivity index (χ3v) is 3.41. The van der Waals surface area contributed by atoms with E-state index in [2.05, 4.69) is 6.58 Å². The molecule has 136 valence electrons. The van der Waals surface area contributed by atoms with Gasteiger partial charge >= 0.3 is 5.97 Å². The highest BCUT2D eigenvalue weighted by Gasteiger charge is 2.19. The molecule has 1 amide bonds. The van der Waals surface area contributed by atoms with Gasteiger partial charge in [-0.1, -0.05) is 25.1 Å². The number of hydrogen-bond acceptors (Lipinski definition) is 4. The second-order valence-electron chi connectivity index (χ2n) is 6.03. The van der Waals surface area contributed by atoms with Gasteiger partial charge in [-0.15, -0.1) is 6.58 Å². The summed E-state index contributed by atoms with van der Waals surface area (Å²) in [7, 11) is 1.34. The molecule has 5 heteroatoms. The summed E-state index contributed by atoms with van der Waals surface area (Å²) in [4.78, 5) is 25.5. The molecule has 0 aliphatic heterocycles. The average molecular weight is 345 g/mol. The summed E-state index contributed by atoms with van der Waals surface area (Å²) in [5.41, 5.74) is 0.867. The molecule has 1 atom stereocenters. The molecule has 0 saturated heterocycles. The summed E-state index contributed by atoms with van der Waals surface area (Å²) in [5.74, 6) is -0.174. The number of benzene rings is 1. The summed E-state index contributed by atoms with van der Waals surface area (Å²) in [6, 6.07) is 7.52. The van der Waals surface area contributed by atoms with Crippen LogP contribution in [0.3, 0.4) is 0 Å². The Balaban J connectivity index is 2.80. The number of esters is 1. The van der Waals surface area contributed by atoms with E-state index in [9.17, 15) is 9.59 Å². The van der Waals surface area contributed by atoms with E-state index in [0.29, 0.717) is 6.54 Å². The Hall–Kier alpha value is -2.56. The molecular weight excluding hydrogens is 318 g/mol. The molecule has 0 aromatic heterocycles. The first-order chi connectivity index (χ1) is 11.9. The van der Waals surface area contributed by atoms with Gasteiger partial charge < -0.3 is 14.4 Å². The number of carbonyl (C=O) groups is 2. The first-order valence-electron chi connectivity index (χ1n) is 8.29. The van der Waals surface area contributed by atoms with E-state index in [0.717, 1.165) is 11.3 Å². The Morgan fingerprint density at radius 2 is 2.00 bits per heavy atom. The maximum atomic E-state index is 12.4. The van der Waals surface area contributed by atoms with Crippen LogP contribution in [0.1, 0.15) is 26.3 Å². The molecule has 0 spiro atoms. The Morgan fingerprint density at radius 1 is 1.28 bits per heavy atom. The normalized spacial score (nSPS) is 12.0. The monoisotopic (exact) mass is 345 g/mol. The van der Waals surface area contributed by atoms with Gasteiger partial charge in [0.15, 0.2) is 0 Å². The molecule has 0 bridgehead atoms. The van der Waals surface area contributed by atoms with Crippen LogP contribution >= 0.6 is 0 Å². The Bertz CT molecular complexity index is 622. The number of methoxy groups -OCH3 is 1. The van der Waals surface area contributed by atoms with E-state index in [1.807, 2.05) is 38.1 Å². The van der Waals surface area contributed by atoms with Crippen molar-refractivity contribution in [1.82, 2.24) is 4.90 Å². The quantitative estimate of drug-likeness (QED) is 0.391. The number of amides is 1. The number of carbonyl (C=O) groups excluding carboxylic acids is 2. The fourth-order valence-corrected chi connectivity index (χ4v) is 2.25. The maximum absolute atomic E-state index is 12.4. The van der Waals surface area contributed by atoms with Gasteiger partial charge in [-0.05, 0) is 37.6 Å². The highest BCUT2D eigenvalue weighted by atomic mass is 16.5. The minimum atomic E-state index is -0.398. The first-order valence-corrected chi connectivity index (χ1v) is 8.29. The lowest BCUT2D eigenvalue weighted by Crippen LogP contribution is -2.36. The molecule has 0 aliphatic rings. The molecule has 0 saturated carbocycles. The third-order valence-electron chi connectivity index (χ3n) is 3.41. The molecule has 0 fully saturated rings. The lowest BCUT2D eigenvalue weighted by Gasteiger charge is -2.22. The van der Waals surface area contributed by atoms with Crippen LogP contribution in [0, 0.1) is 5.92 Å². The summed E-state index contributed by atoms with van der Waals surface area (Å²) >= 11 is 0. The van der Waals surface area contributed by atoms with Crippen LogP contribution in [0.25, 0.3) is 6.08 Å². The van der Waals surface area contributed by atoms with Crippen molar-refractivity contribution >= 4 is 18.0 Å². The second kappa shape index (κ2) is 10.3. The number of ether oxygens (including phenoxy) is 2. The van der Waals surface area contributed by atoms with Gasteiger partial charge in [0.25, 0.3) is 0 Å². The second-order valence-corrected chi connectivity index (χ2v) is 6.03. The molecule has 1 unspecified atom stereocenters. The molecule has 1 aromatic carbocycles. The van der Waals surface area contributed by atoms with Gasteiger partial charge in [0.1, 0.15) is 5.75 Å². The van der Waals surface area contributed by atoms with Crippen LogP contribution in [0.2, 0.25) is 0 Å². The predicted molar refractivity (Wildman–Crippen MR) is 99.2 cm³/mol. The van der Waals surface area contributed by atoms with Crippen LogP contribution < -0.4 is 4.74 Å². The standard InChI is InChI=1S/C20H27NO4/c1-6-12-21(14-16(4)20(23)24-5)19(22)11-10-17-8-7-9-18(13-17)25-15(2)3/h6-11,13,15-16H,1,12,14H2,2-5H3/b11-10+. The van der Waals surface area contributed by atoms with E-state index in [4.69, 9.17) is 9.47 Å². The molecule has 1 aromatic rings. The van der Waals surface area contributed by atoms with Crippen molar-refractivity contribution in [1.29, 1.82) is 0 Å². The molecule has 1 rings (SSSR count). The number of rotatable bonds is 9. The van der Waals surface area contributed by atoms with Crippen molar-refractivity contribution in [2.45, 2.75) is 26.9 Å². The van der Waals surface area contributed by atoms with Crippen LogP contribution in [0.5, 0.6) is 5.75 Å². The van der Waals surface area contributed by atoms with E-state index in [1.54, 1.807) is 24.0 Å². The topological polar surface area (TPSA) is 55.8 Å². The van der Waals surface area contributed by atoms with Crippen molar-refractivity contribution in [3.05, 3.63) is 48.6 Å². The molecule has 0 N–H and O–H groups in total. The van der Waals surface area contributed by atoms with Crippen molar-refractivity contribution in [2.24, 2.45) is 5.92 Å². The van der Waals surface area contributed by atoms with Gasteiger partial charge in [0.2, 0.25) is 5.91 Å². The SMILES string of the molecule is C=CCN(CC(C)C(=O)OC)C(=O)/C=C/c1cccc(OC(C)C)c1. The van der Waals surface area contributed by atoms with Crippen molar-refractivity contribution in [3.63, 3.8) is 0 Å². The Labute approximate surface area is 149 Å². The zero-order valence-electron chi connectivity index (χ0n) is 15.4. The molecule has 0 radical (unpaired) electrons. The highest BCUT2D eigenvalue weighted by Crippen LogP contribution is 2.16. The fourth-order valence-electron chi connectivity index (χ4n) is 2.25. The fraction of sp³-hybridized carbons (Fsp3) is 0.400. The lowest BCUT2D eigenvalue weighted by molar-refractivity contribution is -0.145. The average Bonchev–Trinajstić information content (AvgIpc) is 2.58. The lowest BCUT2D eigenvalue weighted by atomic mass is 10.1. The van der Waals surface area contributed by atoms with Gasteiger partial charge in [0.05, 0.1) is 19.1 Å². The number of nitrogens with zero attached hydrogens (tertiary/aromatic N) is 1. The van der Waals surface area contributed by atoms with Gasteiger partial charge in [-0.2, -0.15) is 0 Å². The summed E-state index contributed by atoms with van der Waals surface area (Å²) < 4.78 is 10.4. The van der Waals surface area contributed by atoms with E-state index >= 15 is 0 Å². The minimum absolute atomic E-state index is 0.0868. The molecule has 0 heterocycles. The Kier molecular flexibility index (Phi) is 8.47. The van der Waals surface area contributed by atoms with Crippen LogP contribution in [-0.4, -0.2) is 43.1 Å². The first kappa shape index (κ1) is 20.5. The van der Waals surface area contributed by atoms with E-state index < -0.39 is 5.92 Å². The highest BCUT2D eigenvalue weighted by molar-refractivity contribution is 5.92. The van der Waals surface area contributed by atoms with Crippen LogP contribution in [0.15, 0.2) is 43.0 Å². The maximum Gasteiger partial charge on any atom is 0.310 e. The van der Waals surface area contributed by atoms with Crippen LogP contribution in [-0.2, 0) is 14.3 Å². The predicted octanol–water partition coefficient (Wildman–Crippen LogP) is 3.31. The van der Waals surface area contributed by atoms with E-state index in [-0.39, 0.29) is 24.5 Å². The molecule has 0 aliphatic carbocycles. The Morgan fingerprint density at radius 3 is 2.60 bits per heavy atom. The van der Waals surface area contributed by atoms with Crippen LogP contribution in [0.4, 0.5) is 0 Å². The van der Waals surface area contributed by atoms with Crippen molar-refractivity contribution < 1.29 is 19.1 Å². The smallest absolute Gasteiger partial charge is 0.310 e. The summed E-state index contributed by atoms with van der Waals surface area (Å²) in [6.45, 7) is 9.95. The molecule has 5 nitrogen and oxygen atoms in total. The zero-order chi connectivity index (χ0) is 18.8. The van der Waals surface area contributed by atoms with Crippen molar-refractivity contribution in [2.75, 3.05) is 20.2 Å². The van der Waals surface area contributed by atoms with Gasteiger partial charge in [-0.25, -0.2) is 0 Å². The summed E-state index contributed by atoms with van der Waals surface area (Å²) in [5, 5.41) is 0. The number of hydrogen-bond donors (Lipinski definition) is 0. The third kappa shape index (κ3) is 7.25. The minimum Gasteiger partial charge on any atom is -0.491 e. The van der Waals surface area contributed by atoms with Gasteiger partial charge in [0, 0.05) is 19.2 Å². The molecule has 25 heavy (non-hydrogen) atoms. The largest absolute Gasteiger partial charge is 0.491 e. The summed E-state index contributed by atoms with van der Waals surface area (Å²) in [6.07, 6.45) is 4.94. The zero-order valence-corrected chi connectivity index (χ0v) is 15.4. The van der Waals surface area contributed by atoms with Crippen molar-refractivity contribution in [3.8, 4) is 5.75 Å².